The van der Waals surface area contributed by atoms with Crippen LogP contribution in [0.3, 0.4) is 0 Å². The van der Waals surface area contributed by atoms with Crippen LogP contribution in [-0.4, -0.2) is 54.5 Å². The number of anilines is 1. The molecule has 0 spiro atoms. The van der Waals surface area contributed by atoms with Gasteiger partial charge in [-0.2, -0.15) is 9.97 Å². The summed E-state index contributed by atoms with van der Waals surface area (Å²) in [7, 11) is 0. The van der Waals surface area contributed by atoms with Crippen molar-refractivity contribution in [3.05, 3.63) is 11.6 Å². The van der Waals surface area contributed by atoms with Crippen molar-refractivity contribution < 1.29 is 14.6 Å². The van der Waals surface area contributed by atoms with Crippen LogP contribution in [0.15, 0.2) is 6.33 Å². The topological polar surface area (TPSA) is 108 Å². The molecule has 4 heterocycles. The Labute approximate surface area is 141 Å². The van der Waals surface area contributed by atoms with E-state index in [1.165, 1.54) is 0 Å². The van der Waals surface area contributed by atoms with Gasteiger partial charge in [-0.05, 0) is 25.4 Å². The molecule has 3 N–H and O–H groups in total. The Morgan fingerprint density at radius 1 is 1.39 bits per heavy atom. The van der Waals surface area contributed by atoms with Crippen LogP contribution in [0.4, 0.5) is 5.82 Å². The van der Waals surface area contributed by atoms with Gasteiger partial charge in [0.25, 0.3) is 0 Å². The number of nitrogens with two attached hydrogens (primary N) is 1. The van der Waals surface area contributed by atoms with E-state index < -0.39 is 5.79 Å². The minimum absolute atomic E-state index is 0.00623. The number of halogens is 1. The van der Waals surface area contributed by atoms with Crippen LogP contribution in [0.1, 0.15) is 19.2 Å². The molecule has 0 amide bonds. The molecule has 2 aliphatic rings. The van der Waals surface area contributed by atoms with Gasteiger partial charge in [0.2, 0.25) is 5.28 Å². The molecule has 0 unspecified atom stereocenters. The number of nitrogen functional groups attached to an aromatic ring is 1. The van der Waals surface area contributed by atoms with Gasteiger partial charge in [0.05, 0.1) is 18.2 Å². The van der Waals surface area contributed by atoms with E-state index in [-0.39, 0.29) is 40.5 Å². The molecule has 0 aliphatic carbocycles. The van der Waals surface area contributed by atoms with Crippen LogP contribution >= 0.6 is 23.4 Å². The summed E-state index contributed by atoms with van der Waals surface area (Å²) in [6, 6.07) is 0. The molecule has 0 saturated carbocycles. The lowest BCUT2D eigenvalue weighted by molar-refractivity contribution is -0.149. The van der Waals surface area contributed by atoms with E-state index in [9.17, 15) is 5.11 Å². The maximum absolute atomic E-state index is 9.65. The Bertz CT molecular complexity index is 769. The van der Waals surface area contributed by atoms with E-state index in [4.69, 9.17) is 26.8 Å². The van der Waals surface area contributed by atoms with Crippen LogP contribution in [0.2, 0.25) is 5.28 Å². The standard InChI is InChI=1S/C13H16ClN5O3S/c1-13(2)21-7-5(3-20)23-11(8(7)22-13)19-4-16-6-9(15)17-12(14)18-10(6)19/h4-5,7-8,11,20H,3H2,1-2H3,(H2,15,17,18)/t5-,7-,8-,11-/m1/s1. The van der Waals surface area contributed by atoms with Gasteiger partial charge in [-0.3, -0.25) is 4.57 Å². The smallest absolute Gasteiger partial charge is 0.226 e. The fraction of sp³-hybridized carbons (Fsp3) is 0.615. The molecule has 2 aromatic rings. The first kappa shape index (κ1) is 15.4. The molecule has 4 atom stereocenters. The molecule has 2 fully saturated rings. The molecule has 124 valence electrons. The van der Waals surface area contributed by atoms with Crippen LogP contribution < -0.4 is 5.73 Å². The highest BCUT2D eigenvalue weighted by atomic mass is 35.5. The lowest BCUT2D eigenvalue weighted by Crippen LogP contribution is -2.30. The second kappa shape index (κ2) is 5.18. The van der Waals surface area contributed by atoms with Crippen molar-refractivity contribution in [1.82, 2.24) is 19.5 Å². The van der Waals surface area contributed by atoms with Crippen LogP contribution in [-0.2, 0) is 9.47 Å². The molecule has 2 saturated heterocycles. The summed E-state index contributed by atoms with van der Waals surface area (Å²) in [5.41, 5.74) is 6.90. The number of thioether (sulfide) groups is 1. The normalized spacial score (nSPS) is 32.5. The Kier molecular flexibility index (Phi) is 3.47. The number of nitrogens with zero attached hydrogens (tertiary/aromatic N) is 4. The fourth-order valence-corrected chi connectivity index (χ4v) is 4.76. The summed E-state index contributed by atoms with van der Waals surface area (Å²) in [5, 5.41) is 9.49. The van der Waals surface area contributed by atoms with Crippen molar-refractivity contribution in [3.63, 3.8) is 0 Å². The SMILES string of the molecule is CC1(C)O[C@@H]2[C@H](O1)[C@@H](CO)S[C@H]2n1cnc2c(N)nc(Cl)nc21. The third kappa shape index (κ3) is 2.38. The summed E-state index contributed by atoms with van der Waals surface area (Å²) >= 11 is 7.49. The Hall–Kier alpha value is -1.13. The van der Waals surface area contributed by atoms with Gasteiger partial charge in [-0.15, -0.1) is 11.8 Å². The lowest BCUT2D eigenvalue weighted by Gasteiger charge is -2.23. The maximum atomic E-state index is 9.65. The molecule has 0 aromatic carbocycles. The fourth-order valence-electron chi connectivity index (χ4n) is 3.13. The second-order valence-corrected chi connectivity index (χ2v) is 7.71. The molecule has 8 nitrogen and oxygen atoms in total. The Morgan fingerprint density at radius 2 is 2.13 bits per heavy atom. The molecule has 0 radical (unpaired) electrons. The minimum Gasteiger partial charge on any atom is -0.395 e. The lowest BCUT2D eigenvalue weighted by atomic mass is 10.1. The van der Waals surface area contributed by atoms with Crippen molar-refractivity contribution in [1.29, 1.82) is 0 Å². The van der Waals surface area contributed by atoms with Gasteiger partial charge in [-0.1, -0.05) is 0 Å². The van der Waals surface area contributed by atoms with Crippen molar-refractivity contribution in [2.45, 2.75) is 42.5 Å². The number of hydrogen-bond donors (Lipinski definition) is 2. The van der Waals surface area contributed by atoms with E-state index in [1.54, 1.807) is 18.1 Å². The summed E-state index contributed by atoms with van der Waals surface area (Å²) in [6.07, 6.45) is 1.23. The van der Waals surface area contributed by atoms with Crippen molar-refractivity contribution >= 4 is 40.3 Å². The molecular weight excluding hydrogens is 342 g/mol. The van der Waals surface area contributed by atoms with Crippen LogP contribution in [0.25, 0.3) is 11.2 Å². The number of hydrogen-bond acceptors (Lipinski definition) is 8. The Morgan fingerprint density at radius 3 is 2.87 bits per heavy atom. The van der Waals surface area contributed by atoms with Crippen LogP contribution in [0.5, 0.6) is 0 Å². The van der Waals surface area contributed by atoms with Crippen LogP contribution in [0, 0.1) is 0 Å². The highest BCUT2D eigenvalue weighted by Gasteiger charge is 2.55. The minimum atomic E-state index is -0.690. The highest BCUT2D eigenvalue weighted by molar-refractivity contribution is 8.00. The van der Waals surface area contributed by atoms with E-state index >= 15 is 0 Å². The molecule has 0 bridgehead atoms. The number of aliphatic hydroxyl groups is 1. The second-order valence-electron chi connectivity index (χ2n) is 6.01. The molecule has 4 rings (SSSR count). The zero-order chi connectivity index (χ0) is 16.4. The third-order valence-corrected chi connectivity index (χ3v) is 5.71. The zero-order valence-corrected chi connectivity index (χ0v) is 14.1. The Balaban J connectivity index is 1.79. The predicted octanol–water partition coefficient (Wildman–Crippen LogP) is 1.19. The van der Waals surface area contributed by atoms with Gasteiger partial charge in [0.1, 0.15) is 23.1 Å². The number of rotatable bonds is 2. The molecule has 2 aliphatic heterocycles. The molecule has 23 heavy (non-hydrogen) atoms. The summed E-state index contributed by atoms with van der Waals surface area (Å²) in [4.78, 5) is 12.4. The highest BCUT2D eigenvalue weighted by Crippen LogP contribution is 2.51. The van der Waals surface area contributed by atoms with E-state index in [1.807, 2.05) is 18.4 Å². The number of fused-ring (bicyclic) bond motifs is 2. The molecule has 10 heteroatoms. The first-order chi connectivity index (χ1) is 10.9. The van der Waals surface area contributed by atoms with E-state index in [0.29, 0.717) is 11.2 Å². The average Bonchev–Trinajstić information content (AvgIpc) is 3.09. The molecule has 2 aromatic heterocycles. The van der Waals surface area contributed by atoms with Gasteiger partial charge >= 0.3 is 0 Å². The van der Waals surface area contributed by atoms with Crippen molar-refractivity contribution in [2.24, 2.45) is 0 Å². The zero-order valence-electron chi connectivity index (χ0n) is 12.5. The maximum Gasteiger partial charge on any atom is 0.226 e. The number of aliphatic hydroxyl groups excluding tert-OH is 1. The first-order valence-electron chi connectivity index (χ1n) is 7.17. The van der Waals surface area contributed by atoms with Gasteiger partial charge < -0.3 is 20.3 Å². The van der Waals surface area contributed by atoms with Crippen molar-refractivity contribution in [2.75, 3.05) is 12.3 Å². The number of aromatic nitrogens is 4. The summed E-state index contributed by atoms with van der Waals surface area (Å²) in [6.45, 7) is 3.74. The monoisotopic (exact) mass is 357 g/mol. The predicted molar refractivity (Wildman–Crippen MR) is 86.1 cm³/mol. The van der Waals surface area contributed by atoms with E-state index in [0.717, 1.165) is 0 Å². The first-order valence-corrected chi connectivity index (χ1v) is 8.49. The number of imidazole rings is 1. The largest absolute Gasteiger partial charge is 0.395 e. The van der Waals surface area contributed by atoms with E-state index in [2.05, 4.69) is 15.0 Å². The summed E-state index contributed by atoms with van der Waals surface area (Å²) < 4.78 is 13.8. The summed E-state index contributed by atoms with van der Waals surface area (Å²) in [5.74, 6) is -0.453. The van der Waals surface area contributed by atoms with Crippen molar-refractivity contribution in [3.8, 4) is 0 Å². The third-order valence-electron chi connectivity index (χ3n) is 4.00. The average molecular weight is 358 g/mol. The van der Waals surface area contributed by atoms with Gasteiger partial charge in [0, 0.05) is 0 Å². The van der Waals surface area contributed by atoms with Gasteiger partial charge in [0.15, 0.2) is 17.3 Å². The molecular formula is C13H16ClN5O3S. The quantitative estimate of drug-likeness (QED) is 0.771. The number of ether oxygens (including phenoxy) is 2. The van der Waals surface area contributed by atoms with Gasteiger partial charge in [-0.25, -0.2) is 4.98 Å².